The number of rotatable bonds is 8. The summed E-state index contributed by atoms with van der Waals surface area (Å²) in [6.45, 7) is 4.08. The molecule has 7 nitrogen and oxygen atoms in total. The minimum atomic E-state index is -3.68. The molecule has 0 rings (SSSR count). The van der Waals surface area contributed by atoms with E-state index in [9.17, 15) is 8.42 Å². The number of aliphatic hydroxyl groups is 2. The van der Waals surface area contributed by atoms with Gasteiger partial charge >= 0.3 is 10.4 Å². The van der Waals surface area contributed by atoms with E-state index in [1.54, 1.807) is 13.8 Å². The largest absolute Gasteiger partial charge is 0.399 e. The van der Waals surface area contributed by atoms with Gasteiger partial charge in [-0.1, -0.05) is 0 Å². The third kappa shape index (κ3) is 16.2. The Morgan fingerprint density at radius 1 is 0.938 bits per heavy atom. The van der Waals surface area contributed by atoms with Crippen LogP contribution in [0.2, 0.25) is 0 Å². The predicted octanol–water partition coefficient (Wildman–Crippen LogP) is -0.708. The van der Waals surface area contributed by atoms with Gasteiger partial charge in [-0.25, -0.2) is 8.37 Å². The van der Waals surface area contributed by atoms with E-state index in [1.807, 2.05) is 0 Å². The van der Waals surface area contributed by atoms with Crippen LogP contribution in [0.15, 0.2) is 0 Å². The van der Waals surface area contributed by atoms with Crippen molar-refractivity contribution < 1.29 is 31.7 Å². The molecule has 2 N–H and O–H groups in total. The van der Waals surface area contributed by atoms with Crippen molar-refractivity contribution in [2.45, 2.75) is 13.8 Å². The zero-order chi connectivity index (χ0) is 12.9. The Bertz CT molecular complexity index is 198. The van der Waals surface area contributed by atoms with Crippen molar-refractivity contribution in [2.24, 2.45) is 0 Å². The molecule has 8 heteroatoms. The molecule has 0 aromatic heterocycles. The highest BCUT2D eigenvalue weighted by atomic mass is 32.3. The van der Waals surface area contributed by atoms with E-state index in [-0.39, 0.29) is 26.4 Å². The highest BCUT2D eigenvalue weighted by molar-refractivity contribution is 7.81. The van der Waals surface area contributed by atoms with E-state index in [4.69, 9.17) is 10.2 Å². The molecule has 0 unspecified atom stereocenters. The summed E-state index contributed by atoms with van der Waals surface area (Å²) in [5, 5.41) is 16.2. The van der Waals surface area contributed by atoms with Crippen molar-refractivity contribution in [3.05, 3.63) is 0 Å². The molecular formula is C8H20O7S. The van der Waals surface area contributed by atoms with Crippen molar-refractivity contribution >= 4 is 10.4 Å². The maximum absolute atomic E-state index is 10.4. The monoisotopic (exact) mass is 260 g/mol. The van der Waals surface area contributed by atoms with E-state index in [0.717, 1.165) is 0 Å². The van der Waals surface area contributed by atoms with Crippen LogP contribution in [0.4, 0.5) is 0 Å². The third-order valence-corrected chi connectivity index (χ3v) is 2.04. The van der Waals surface area contributed by atoms with Crippen LogP contribution < -0.4 is 0 Å². The van der Waals surface area contributed by atoms with Gasteiger partial charge in [-0.3, -0.25) is 0 Å². The minimum Gasteiger partial charge on any atom is -0.394 e. The maximum Gasteiger partial charge on any atom is 0.399 e. The zero-order valence-corrected chi connectivity index (χ0v) is 10.4. The molecule has 0 saturated carbocycles. The second-order valence-corrected chi connectivity index (χ2v) is 3.57. The van der Waals surface area contributed by atoms with Gasteiger partial charge in [0.25, 0.3) is 0 Å². The van der Waals surface area contributed by atoms with E-state index in [0.29, 0.717) is 13.2 Å². The second-order valence-electron chi connectivity index (χ2n) is 2.28. The molecule has 0 atom stereocenters. The van der Waals surface area contributed by atoms with Crippen molar-refractivity contribution in [2.75, 3.05) is 39.6 Å². The highest BCUT2D eigenvalue weighted by Crippen LogP contribution is 1.93. The molecule has 0 aromatic carbocycles. The van der Waals surface area contributed by atoms with Gasteiger partial charge in [-0.15, -0.1) is 0 Å². The highest BCUT2D eigenvalue weighted by Gasteiger charge is 2.06. The molecule has 0 spiro atoms. The molecule has 0 fully saturated rings. The normalized spacial score (nSPS) is 10.8. The molecule has 0 radical (unpaired) electrons. The molecule has 100 valence electrons. The average Bonchev–Trinajstić information content (AvgIpc) is 2.19. The van der Waals surface area contributed by atoms with Crippen LogP contribution in [0.5, 0.6) is 0 Å². The Morgan fingerprint density at radius 3 is 1.56 bits per heavy atom. The zero-order valence-electron chi connectivity index (χ0n) is 9.59. The quantitative estimate of drug-likeness (QED) is 0.556. The Labute approximate surface area is 96.3 Å². The van der Waals surface area contributed by atoms with Gasteiger partial charge in [0.05, 0.1) is 39.6 Å². The summed E-state index contributed by atoms with van der Waals surface area (Å²) in [5.41, 5.74) is 0. The summed E-state index contributed by atoms with van der Waals surface area (Å²) in [6.07, 6.45) is 0. The van der Waals surface area contributed by atoms with Gasteiger partial charge < -0.3 is 14.9 Å². The molecule has 0 aliphatic heterocycles. The van der Waals surface area contributed by atoms with Gasteiger partial charge in [0.1, 0.15) is 0 Å². The summed E-state index contributed by atoms with van der Waals surface area (Å²) in [6, 6.07) is 0. The molecule has 0 aliphatic carbocycles. The van der Waals surface area contributed by atoms with Crippen molar-refractivity contribution in [3.63, 3.8) is 0 Å². The number of ether oxygens (including phenoxy) is 1. The third-order valence-electron chi connectivity index (χ3n) is 0.996. The lowest BCUT2D eigenvalue weighted by atomic mass is 10.7. The first kappa shape index (κ1) is 18.1. The first-order valence-electron chi connectivity index (χ1n) is 4.87. The fourth-order valence-electron chi connectivity index (χ4n) is 0.554. The second kappa shape index (κ2) is 12.8. The first-order chi connectivity index (χ1) is 7.54. The van der Waals surface area contributed by atoms with Crippen molar-refractivity contribution in [3.8, 4) is 0 Å². The van der Waals surface area contributed by atoms with Crippen LogP contribution in [-0.2, 0) is 23.5 Å². The van der Waals surface area contributed by atoms with Gasteiger partial charge in [-0.2, -0.15) is 8.42 Å². The summed E-state index contributed by atoms with van der Waals surface area (Å²) in [7, 11) is -3.68. The van der Waals surface area contributed by atoms with E-state index >= 15 is 0 Å². The Balaban J connectivity index is 0. The minimum absolute atomic E-state index is 0.0278. The summed E-state index contributed by atoms with van der Waals surface area (Å²) >= 11 is 0. The lowest BCUT2D eigenvalue weighted by Gasteiger charge is -1.99. The molecule has 0 saturated heterocycles. The molecule has 0 amide bonds. The smallest absolute Gasteiger partial charge is 0.394 e. The SMILES string of the molecule is CCOS(=O)(=O)OCC.OCCOCCO. The van der Waals surface area contributed by atoms with Crippen molar-refractivity contribution in [1.82, 2.24) is 0 Å². The van der Waals surface area contributed by atoms with E-state index < -0.39 is 10.4 Å². The Morgan fingerprint density at radius 2 is 1.31 bits per heavy atom. The van der Waals surface area contributed by atoms with E-state index in [2.05, 4.69) is 13.1 Å². The van der Waals surface area contributed by atoms with Gasteiger partial charge in [0.2, 0.25) is 0 Å². The van der Waals surface area contributed by atoms with Crippen LogP contribution in [0, 0.1) is 0 Å². The summed E-state index contributed by atoms with van der Waals surface area (Å²) in [5.74, 6) is 0. The number of aliphatic hydroxyl groups excluding tert-OH is 2. The molecule has 0 heterocycles. The lowest BCUT2D eigenvalue weighted by molar-refractivity contribution is 0.0650. The Kier molecular flexibility index (Phi) is 14.5. The van der Waals surface area contributed by atoms with E-state index in [1.165, 1.54) is 0 Å². The average molecular weight is 260 g/mol. The summed E-state index contributed by atoms with van der Waals surface area (Å²) < 4.78 is 33.8. The topological polar surface area (TPSA) is 102 Å². The fraction of sp³-hybridized carbons (Fsp3) is 1.00. The lowest BCUT2D eigenvalue weighted by Crippen LogP contribution is -2.09. The predicted molar refractivity (Wildman–Crippen MR) is 57.2 cm³/mol. The molecular weight excluding hydrogens is 240 g/mol. The Hall–Kier alpha value is -0.250. The maximum atomic E-state index is 10.4. The number of hydrogen-bond donors (Lipinski definition) is 2. The number of hydrogen-bond acceptors (Lipinski definition) is 7. The van der Waals surface area contributed by atoms with Crippen LogP contribution in [0.25, 0.3) is 0 Å². The standard InChI is InChI=1S/C4H10O4S.C4H10O3/c1-3-7-9(5,6)8-4-2;5-1-3-7-4-2-6/h3-4H2,1-2H3;5-6H,1-4H2. The molecule has 16 heavy (non-hydrogen) atoms. The molecule has 0 bridgehead atoms. The van der Waals surface area contributed by atoms with Gasteiger partial charge in [0.15, 0.2) is 0 Å². The van der Waals surface area contributed by atoms with Crippen LogP contribution in [0.3, 0.4) is 0 Å². The molecule has 0 aromatic rings. The van der Waals surface area contributed by atoms with Gasteiger partial charge in [0, 0.05) is 0 Å². The van der Waals surface area contributed by atoms with Crippen LogP contribution >= 0.6 is 0 Å². The van der Waals surface area contributed by atoms with Crippen LogP contribution in [-0.4, -0.2) is 58.3 Å². The van der Waals surface area contributed by atoms with Crippen LogP contribution in [0.1, 0.15) is 13.8 Å². The first-order valence-corrected chi connectivity index (χ1v) is 6.20. The molecule has 0 aliphatic rings. The summed E-state index contributed by atoms with van der Waals surface area (Å²) in [4.78, 5) is 0. The fourth-order valence-corrected chi connectivity index (χ4v) is 1.20. The van der Waals surface area contributed by atoms with Gasteiger partial charge in [-0.05, 0) is 13.8 Å². The van der Waals surface area contributed by atoms with Crippen molar-refractivity contribution in [1.29, 1.82) is 0 Å².